The van der Waals surface area contributed by atoms with E-state index in [0.29, 0.717) is 5.39 Å². The van der Waals surface area contributed by atoms with Crippen LogP contribution in [0.25, 0.3) is 10.9 Å². The van der Waals surface area contributed by atoms with Gasteiger partial charge in [0, 0.05) is 18.0 Å². The Morgan fingerprint density at radius 3 is 2.58 bits per heavy atom. The molecule has 0 aliphatic heterocycles. The highest BCUT2D eigenvalue weighted by Crippen LogP contribution is 2.37. The molecular formula is C18H15FN4O3. The van der Waals surface area contributed by atoms with Crippen LogP contribution >= 0.6 is 0 Å². The Hall–Kier alpha value is -3.55. The van der Waals surface area contributed by atoms with Crippen LogP contribution in [-0.2, 0) is 11.8 Å². The van der Waals surface area contributed by atoms with Crippen molar-refractivity contribution in [3.05, 3.63) is 59.9 Å². The molecule has 0 unspecified atom stereocenters. The van der Waals surface area contributed by atoms with Gasteiger partial charge in [-0.2, -0.15) is 0 Å². The number of rotatable bonds is 4. The van der Waals surface area contributed by atoms with Crippen molar-refractivity contribution in [1.29, 1.82) is 0 Å². The molecule has 2 aromatic carbocycles. The molecule has 3 aromatic rings. The molecule has 2 N–H and O–H groups in total. The van der Waals surface area contributed by atoms with E-state index in [1.54, 1.807) is 25.2 Å². The van der Waals surface area contributed by atoms with E-state index < -0.39 is 17.6 Å². The van der Waals surface area contributed by atoms with Crippen molar-refractivity contribution < 1.29 is 19.1 Å². The van der Waals surface area contributed by atoms with Crippen LogP contribution in [0.3, 0.4) is 0 Å². The maximum absolute atomic E-state index is 12.8. The number of amides is 2. The second kappa shape index (κ2) is 7.14. The lowest BCUT2D eigenvalue weighted by atomic mass is 10.2. The van der Waals surface area contributed by atoms with Crippen LogP contribution in [0.15, 0.2) is 58.8 Å². The third kappa shape index (κ3) is 3.44. The largest absolute Gasteiger partial charge is 0.493 e. The quantitative estimate of drug-likeness (QED) is 0.705. The molecule has 0 atom stereocenters. The summed E-state index contributed by atoms with van der Waals surface area (Å²) in [7, 11) is 1.67. The fourth-order valence-corrected chi connectivity index (χ4v) is 2.46. The predicted molar refractivity (Wildman–Crippen MR) is 92.8 cm³/mol. The Bertz CT molecular complexity index is 1010. The number of fused-ring (bicyclic) bond motifs is 1. The Morgan fingerprint density at radius 2 is 1.85 bits per heavy atom. The SMILES string of the molecule is Cn1c(O)c(N=NC(=O)CNC(=O)c2ccc(F)cc2)c2ccccc21. The first-order valence-corrected chi connectivity index (χ1v) is 7.72. The Balaban J connectivity index is 1.68. The lowest BCUT2D eigenvalue weighted by molar-refractivity contribution is -0.117. The molecule has 132 valence electrons. The summed E-state index contributed by atoms with van der Waals surface area (Å²) in [5.74, 6) is -1.78. The van der Waals surface area contributed by atoms with Gasteiger partial charge in [-0.3, -0.25) is 9.59 Å². The van der Waals surface area contributed by atoms with Crippen molar-refractivity contribution in [2.75, 3.05) is 6.54 Å². The van der Waals surface area contributed by atoms with Crippen LogP contribution in [0.2, 0.25) is 0 Å². The first-order valence-electron chi connectivity index (χ1n) is 7.72. The van der Waals surface area contributed by atoms with E-state index in [1.165, 1.54) is 16.7 Å². The molecule has 7 nitrogen and oxygen atoms in total. The molecule has 0 radical (unpaired) electrons. The number of para-hydroxylation sites is 1. The van der Waals surface area contributed by atoms with Gasteiger partial charge < -0.3 is 15.0 Å². The molecular weight excluding hydrogens is 339 g/mol. The summed E-state index contributed by atoms with van der Waals surface area (Å²) in [5.41, 5.74) is 1.15. The molecule has 0 spiro atoms. The Morgan fingerprint density at radius 1 is 1.15 bits per heavy atom. The molecule has 2 amide bonds. The van der Waals surface area contributed by atoms with Crippen molar-refractivity contribution in [2.24, 2.45) is 17.3 Å². The summed E-state index contributed by atoms with van der Waals surface area (Å²) in [6.07, 6.45) is 0. The van der Waals surface area contributed by atoms with E-state index in [-0.39, 0.29) is 23.7 Å². The van der Waals surface area contributed by atoms with Crippen LogP contribution in [0.5, 0.6) is 5.88 Å². The fraction of sp³-hybridized carbons (Fsp3) is 0.111. The van der Waals surface area contributed by atoms with Gasteiger partial charge in [0.15, 0.2) is 5.69 Å². The van der Waals surface area contributed by atoms with Crippen LogP contribution in [-0.4, -0.2) is 28.0 Å². The average molecular weight is 354 g/mol. The van der Waals surface area contributed by atoms with Crippen LogP contribution in [0, 0.1) is 5.82 Å². The number of aromatic nitrogens is 1. The standard InChI is InChI=1S/C18H15FN4O3/c1-23-14-5-3-2-4-13(14)16(18(23)26)22-21-15(24)10-20-17(25)11-6-8-12(19)9-7-11/h2-9,26H,10H2,1H3,(H,20,25). The highest BCUT2D eigenvalue weighted by Gasteiger charge is 2.14. The lowest BCUT2D eigenvalue weighted by Gasteiger charge is -2.02. The molecule has 0 fully saturated rings. The smallest absolute Gasteiger partial charge is 0.283 e. The van der Waals surface area contributed by atoms with E-state index >= 15 is 0 Å². The first kappa shape index (κ1) is 17.3. The predicted octanol–water partition coefficient (Wildman–Crippen LogP) is 3.06. The molecule has 0 saturated heterocycles. The van der Waals surface area contributed by atoms with Gasteiger partial charge in [0.2, 0.25) is 5.88 Å². The van der Waals surface area contributed by atoms with E-state index in [4.69, 9.17) is 0 Å². The molecule has 0 aliphatic carbocycles. The third-order valence-electron chi connectivity index (χ3n) is 3.82. The molecule has 0 saturated carbocycles. The number of aryl methyl sites for hydroxylation is 1. The van der Waals surface area contributed by atoms with Gasteiger partial charge in [0.1, 0.15) is 12.4 Å². The van der Waals surface area contributed by atoms with E-state index in [9.17, 15) is 19.1 Å². The van der Waals surface area contributed by atoms with Gasteiger partial charge in [0.25, 0.3) is 11.8 Å². The topological polar surface area (TPSA) is 96.0 Å². The second-order valence-corrected chi connectivity index (χ2v) is 5.53. The first-order chi connectivity index (χ1) is 12.5. The highest BCUT2D eigenvalue weighted by atomic mass is 19.1. The minimum atomic E-state index is -0.687. The van der Waals surface area contributed by atoms with Crippen molar-refractivity contribution in [2.45, 2.75) is 0 Å². The monoisotopic (exact) mass is 354 g/mol. The second-order valence-electron chi connectivity index (χ2n) is 5.53. The number of carbonyl (C=O) groups excluding carboxylic acids is 2. The van der Waals surface area contributed by atoms with E-state index in [2.05, 4.69) is 15.5 Å². The number of aromatic hydroxyl groups is 1. The highest BCUT2D eigenvalue weighted by molar-refractivity contribution is 5.97. The minimum absolute atomic E-state index is 0.113. The molecule has 0 bridgehead atoms. The van der Waals surface area contributed by atoms with Gasteiger partial charge in [-0.25, -0.2) is 4.39 Å². The zero-order valence-electron chi connectivity index (χ0n) is 13.8. The maximum atomic E-state index is 12.8. The number of nitrogens with zero attached hydrogens (tertiary/aromatic N) is 3. The Kier molecular flexibility index (Phi) is 4.74. The molecule has 1 aromatic heterocycles. The number of halogens is 1. The molecule has 0 aliphatic rings. The number of hydrogen-bond donors (Lipinski definition) is 2. The number of nitrogens with one attached hydrogen (secondary N) is 1. The summed E-state index contributed by atoms with van der Waals surface area (Å²) in [4.78, 5) is 23.7. The molecule has 8 heteroatoms. The maximum Gasteiger partial charge on any atom is 0.283 e. The summed E-state index contributed by atoms with van der Waals surface area (Å²) < 4.78 is 14.4. The zero-order valence-corrected chi connectivity index (χ0v) is 13.8. The number of azo groups is 1. The summed E-state index contributed by atoms with van der Waals surface area (Å²) in [5, 5.41) is 20.5. The lowest BCUT2D eigenvalue weighted by Crippen LogP contribution is -2.28. The molecule has 1 heterocycles. The van der Waals surface area contributed by atoms with Crippen LogP contribution in [0.4, 0.5) is 10.1 Å². The van der Waals surface area contributed by atoms with E-state index in [0.717, 1.165) is 17.6 Å². The van der Waals surface area contributed by atoms with Crippen LogP contribution in [0.1, 0.15) is 10.4 Å². The summed E-state index contributed by atoms with van der Waals surface area (Å²) in [6.45, 7) is -0.370. The molecule has 26 heavy (non-hydrogen) atoms. The van der Waals surface area contributed by atoms with Gasteiger partial charge in [-0.15, -0.1) is 10.2 Å². The van der Waals surface area contributed by atoms with Gasteiger partial charge in [-0.1, -0.05) is 18.2 Å². The van der Waals surface area contributed by atoms with Crippen LogP contribution < -0.4 is 5.32 Å². The Labute approximate surface area is 147 Å². The zero-order chi connectivity index (χ0) is 18.7. The van der Waals surface area contributed by atoms with Crippen molar-refractivity contribution >= 4 is 28.4 Å². The van der Waals surface area contributed by atoms with Crippen molar-refractivity contribution in [1.82, 2.24) is 9.88 Å². The number of hydrogen-bond acceptors (Lipinski definition) is 4. The summed E-state index contributed by atoms with van der Waals surface area (Å²) in [6, 6.07) is 12.1. The van der Waals surface area contributed by atoms with Crippen molar-refractivity contribution in [3.63, 3.8) is 0 Å². The van der Waals surface area contributed by atoms with Gasteiger partial charge in [-0.05, 0) is 30.3 Å². The fourth-order valence-electron chi connectivity index (χ4n) is 2.46. The van der Waals surface area contributed by atoms with E-state index in [1.807, 2.05) is 6.07 Å². The normalized spacial score (nSPS) is 11.2. The van der Waals surface area contributed by atoms with Gasteiger partial charge >= 0.3 is 0 Å². The minimum Gasteiger partial charge on any atom is -0.493 e. The number of benzene rings is 2. The van der Waals surface area contributed by atoms with Gasteiger partial charge in [0.05, 0.1) is 5.52 Å². The average Bonchev–Trinajstić information content (AvgIpc) is 2.89. The summed E-state index contributed by atoms with van der Waals surface area (Å²) >= 11 is 0. The number of carbonyl (C=O) groups is 2. The molecule has 3 rings (SSSR count). The van der Waals surface area contributed by atoms with Crippen molar-refractivity contribution in [3.8, 4) is 5.88 Å². The third-order valence-corrected chi connectivity index (χ3v) is 3.82.